The van der Waals surface area contributed by atoms with E-state index in [1.165, 1.54) is 0 Å². The zero-order chi connectivity index (χ0) is 11.8. The molecule has 0 saturated carbocycles. The van der Waals surface area contributed by atoms with E-state index in [2.05, 4.69) is 4.98 Å². The molecule has 0 spiro atoms. The predicted octanol–water partition coefficient (Wildman–Crippen LogP) is 3.43. The topological polar surface area (TPSA) is 58.4 Å². The van der Waals surface area contributed by atoms with E-state index in [-0.39, 0.29) is 5.63 Å². The average molecular weight is 223 g/mol. The fourth-order valence-electron chi connectivity index (χ4n) is 1.93. The van der Waals surface area contributed by atoms with Gasteiger partial charge in [-0.3, -0.25) is 0 Å². The van der Waals surface area contributed by atoms with Gasteiger partial charge in [0.15, 0.2) is 4.98 Å². The van der Waals surface area contributed by atoms with E-state index in [1.54, 1.807) is 30.3 Å². The van der Waals surface area contributed by atoms with Crippen molar-refractivity contribution < 1.29 is 4.42 Å². The average Bonchev–Trinajstić information content (AvgIpc) is 2.39. The molecule has 80 valence electrons. The second-order valence-electron chi connectivity index (χ2n) is 3.72. The number of nitrogens with zero attached hydrogens (tertiary/aromatic N) is 2. The third-order valence-electron chi connectivity index (χ3n) is 2.72. The van der Waals surface area contributed by atoms with Crippen LogP contribution in [0.25, 0.3) is 26.7 Å². The van der Waals surface area contributed by atoms with Crippen LogP contribution in [0.3, 0.4) is 0 Å². The highest BCUT2D eigenvalue weighted by atomic mass is 16.4. The predicted molar refractivity (Wildman–Crippen MR) is 64.7 cm³/mol. The summed E-state index contributed by atoms with van der Waals surface area (Å²) in [4.78, 5) is 14.8. The minimum Gasteiger partial charge on any atom is -0.422 e. The molecule has 17 heavy (non-hydrogen) atoms. The molecule has 0 amide bonds. The van der Waals surface area contributed by atoms with E-state index in [4.69, 9.17) is 9.81 Å². The van der Waals surface area contributed by atoms with E-state index in [9.17, 15) is 4.79 Å². The number of fused-ring (bicyclic) bond motifs is 3. The van der Waals surface area contributed by atoms with Crippen molar-refractivity contribution in [3.8, 4) is 0 Å². The third kappa shape index (κ3) is 1.37. The van der Waals surface area contributed by atoms with Crippen LogP contribution in [-0.4, -0.2) is 0 Å². The van der Waals surface area contributed by atoms with Crippen molar-refractivity contribution in [2.24, 2.45) is 0 Å². The summed E-state index contributed by atoms with van der Waals surface area (Å²) in [7, 11) is 0. The summed E-state index contributed by atoms with van der Waals surface area (Å²) in [5, 5.41) is 10.8. The summed E-state index contributed by atoms with van der Waals surface area (Å²) >= 11 is 0. The van der Waals surface area contributed by atoms with Gasteiger partial charge in [-0.15, -0.1) is 0 Å². The highest BCUT2D eigenvalue weighted by Crippen LogP contribution is 2.26. The SMILES string of the molecule is N#[N+]c1ccc2oc(=O)c3ccccc3c2c1. The Labute approximate surface area is 95.7 Å². The molecular formula is C13H7N2O2+. The van der Waals surface area contributed by atoms with E-state index < -0.39 is 0 Å². The smallest absolute Gasteiger partial charge is 0.385 e. The summed E-state index contributed by atoms with van der Waals surface area (Å²) in [5.74, 6) is 0. The molecule has 0 unspecified atom stereocenters. The van der Waals surface area contributed by atoms with Gasteiger partial charge in [-0.1, -0.05) is 18.2 Å². The van der Waals surface area contributed by atoms with E-state index in [1.807, 2.05) is 12.1 Å². The molecule has 0 saturated heterocycles. The lowest BCUT2D eigenvalue weighted by Crippen LogP contribution is -1.98. The van der Waals surface area contributed by atoms with Crippen LogP contribution in [0.5, 0.6) is 0 Å². The molecule has 0 aliphatic carbocycles. The lowest BCUT2D eigenvalue weighted by Gasteiger charge is -1.99. The standard InChI is InChI=1S/C13H7N2O2/c14-15-8-5-6-12-11(7-8)9-3-1-2-4-10(9)13(16)17-12/h1-7H/q+1. The molecule has 0 fully saturated rings. The fraction of sp³-hybridized carbons (Fsp3) is 0. The molecule has 4 heteroatoms. The summed E-state index contributed by atoms with van der Waals surface area (Å²) < 4.78 is 5.20. The Morgan fingerprint density at radius 2 is 1.76 bits per heavy atom. The molecule has 1 heterocycles. The normalized spacial score (nSPS) is 10.5. The van der Waals surface area contributed by atoms with Crippen LogP contribution in [0, 0.1) is 5.39 Å². The Morgan fingerprint density at radius 3 is 2.53 bits per heavy atom. The minimum absolute atomic E-state index is 0.359. The Balaban J connectivity index is 2.61. The molecule has 3 aromatic rings. The number of benzene rings is 2. The van der Waals surface area contributed by atoms with Crippen molar-refractivity contribution in [1.82, 2.24) is 0 Å². The van der Waals surface area contributed by atoms with Gasteiger partial charge < -0.3 is 4.42 Å². The van der Waals surface area contributed by atoms with Crippen molar-refractivity contribution in [3.05, 3.63) is 57.9 Å². The number of rotatable bonds is 0. The summed E-state index contributed by atoms with van der Waals surface area (Å²) in [6.07, 6.45) is 0. The molecule has 0 aliphatic rings. The van der Waals surface area contributed by atoms with Crippen LogP contribution in [0.4, 0.5) is 5.69 Å². The quantitative estimate of drug-likeness (QED) is 0.333. The van der Waals surface area contributed by atoms with Gasteiger partial charge in [0.05, 0.1) is 5.39 Å². The zero-order valence-electron chi connectivity index (χ0n) is 8.75. The van der Waals surface area contributed by atoms with E-state index >= 15 is 0 Å². The highest BCUT2D eigenvalue weighted by molar-refractivity contribution is 6.05. The van der Waals surface area contributed by atoms with Gasteiger partial charge in [-0.2, -0.15) is 0 Å². The maximum absolute atomic E-state index is 11.7. The molecule has 0 aliphatic heterocycles. The lowest BCUT2D eigenvalue weighted by atomic mass is 10.1. The van der Waals surface area contributed by atoms with Crippen LogP contribution in [0.1, 0.15) is 0 Å². The van der Waals surface area contributed by atoms with Crippen molar-refractivity contribution in [1.29, 1.82) is 5.39 Å². The maximum atomic E-state index is 11.7. The molecule has 0 N–H and O–H groups in total. The van der Waals surface area contributed by atoms with Crippen molar-refractivity contribution in [2.75, 3.05) is 0 Å². The Morgan fingerprint density at radius 1 is 1.00 bits per heavy atom. The first-order chi connectivity index (χ1) is 8.29. The van der Waals surface area contributed by atoms with Gasteiger partial charge in [0.1, 0.15) is 5.58 Å². The first-order valence-electron chi connectivity index (χ1n) is 5.10. The lowest BCUT2D eigenvalue weighted by molar-refractivity contribution is 0.570. The van der Waals surface area contributed by atoms with Crippen LogP contribution in [0.15, 0.2) is 51.7 Å². The third-order valence-corrected chi connectivity index (χ3v) is 2.72. The van der Waals surface area contributed by atoms with Gasteiger partial charge in [-0.25, -0.2) is 4.79 Å². The van der Waals surface area contributed by atoms with Crippen LogP contribution in [0.2, 0.25) is 0 Å². The first kappa shape index (κ1) is 9.55. The monoisotopic (exact) mass is 223 g/mol. The van der Waals surface area contributed by atoms with Gasteiger partial charge in [-0.05, 0) is 12.1 Å². The second kappa shape index (κ2) is 3.42. The molecule has 4 nitrogen and oxygen atoms in total. The number of diazo groups is 1. The largest absolute Gasteiger partial charge is 0.422 e. The van der Waals surface area contributed by atoms with Crippen molar-refractivity contribution in [3.63, 3.8) is 0 Å². The second-order valence-corrected chi connectivity index (χ2v) is 3.72. The minimum atomic E-state index is -0.359. The van der Waals surface area contributed by atoms with Crippen LogP contribution >= 0.6 is 0 Å². The molecule has 0 atom stereocenters. The van der Waals surface area contributed by atoms with Crippen LogP contribution < -0.4 is 5.63 Å². The van der Waals surface area contributed by atoms with Gasteiger partial charge in [0.2, 0.25) is 5.39 Å². The van der Waals surface area contributed by atoms with Crippen molar-refractivity contribution in [2.45, 2.75) is 0 Å². The Hall–Kier alpha value is -2.67. The van der Waals surface area contributed by atoms with Gasteiger partial charge in [0.25, 0.3) is 0 Å². The highest BCUT2D eigenvalue weighted by Gasteiger charge is 2.11. The Kier molecular flexibility index (Phi) is 1.92. The van der Waals surface area contributed by atoms with Gasteiger partial charge >= 0.3 is 11.3 Å². The van der Waals surface area contributed by atoms with Crippen LogP contribution in [-0.2, 0) is 0 Å². The van der Waals surface area contributed by atoms with Gasteiger partial charge in [0, 0.05) is 22.9 Å². The summed E-state index contributed by atoms with van der Waals surface area (Å²) in [6.45, 7) is 0. The van der Waals surface area contributed by atoms with Crippen molar-refractivity contribution >= 4 is 27.4 Å². The number of hydrogen-bond donors (Lipinski definition) is 0. The number of hydrogen-bond acceptors (Lipinski definition) is 3. The molecule has 2 aromatic carbocycles. The molecular weight excluding hydrogens is 216 g/mol. The fourth-order valence-corrected chi connectivity index (χ4v) is 1.93. The summed E-state index contributed by atoms with van der Waals surface area (Å²) in [5.41, 5.74) is 0.555. The summed E-state index contributed by atoms with van der Waals surface area (Å²) in [6, 6.07) is 12.1. The van der Waals surface area contributed by atoms with E-state index in [0.717, 1.165) is 10.8 Å². The zero-order valence-corrected chi connectivity index (χ0v) is 8.75. The molecule has 0 bridgehead atoms. The Bertz CT molecular complexity index is 828. The maximum Gasteiger partial charge on any atom is 0.385 e. The molecule has 3 rings (SSSR count). The molecule has 1 aromatic heterocycles. The van der Waals surface area contributed by atoms with E-state index in [0.29, 0.717) is 16.7 Å². The molecule has 0 radical (unpaired) electrons. The first-order valence-corrected chi connectivity index (χ1v) is 5.10.